The van der Waals surface area contributed by atoms with Crippen LogP contribution in [0.25, 0.3) is 0 Å². The summed E-state index contributed by atoms with van der Waals surface area (Å²) in [5.74, 6) is 0.889. The molecule has 3 rings (SSSR count). The van der Waals surface area contributed by atoms with E-state index >= 15 is 0 Å². The summed E-state index contributed by atoms with van der Waals surface area (Å²) in [6.45, 7) is 0.103. The third-order valence-electron chi connectivity index (χ3n) is 4.26. The standard InChI is InChI=1S/C22H17Cl2F3N2O2/c1-30-20-7-2-4-14(21(20)31-13-17-18(23)5-3-6-19(17)24)12-28-29-16-10-8-15(9-11-16)22(25,26)27/h2-12,29H,13H2,1H3. The molecule has 0 aliphatic heterocycles. The fraction of sp³-hybridized carbons (Fsp3) is 0.136. The van der Waals surface area contributed by atoms with E-state index in [1.165, 1.54) is 25.5 Å². The number of alkyl halides is 3. The van der Waals surface area contributed by atoms with Crippen LogP contribution in [0.15, 0.2) is 65.8 Å². The van der Waals surface area contributed by atoms with Gasteiger partial charge < -0.3 is 9.47 Å². The van der Waals surface area contributed by atoms with E-state index < -0.39 is 11.7 Å². The molecule has 9 heteroatoms. The number of ether oxygens (including phenoxy) is 2. The molecule has 0 fully saturated rings. The van der Waals surface area contributed by atoms with Gasteiger partial charge in [0.15, 0.2) is 11.5 Å². The van der Waals surface area contributed by atoms with Crippen molar-refractivity contribution in [2.75, 3.05) is 12.5 Å². The number of para-hydroxylation sites is 1. The molecule has 0 aliphatic rings. The van der Waals surface area contributed by atoms with Crippen molar-refractivity contribution in [3.63, 3.8) is 0 Å². The molecule has 0 bridgehead atoms. The van der Waals surface area contributed by atoms with Crippen LogP contribution in [0.1, 0.15) is 16.7 Å². The number of hydrogen-bond acceptors (Lipinski definition) is 4. The smallest absolute Gasteiger partial charge is 0.416 e. The molecule has 0 saturated carbocycles. The van der Waals surface area contributed by atoms with Crippen molar-refractivity contribution < 1.29 is 22.6 Å². The van der Waals surface area contributed by atoms with Gasteiger partial charge in [0.25, 0.3) is 0 Å². The Hall–Kier alpha value is -2.90. The Morgan fingerprint density at radius 2 is 1.61 bits per heavy atom. The number of hydrazone groups is 1. The second-order valence-corrected chi connectivity index (χ2v) is 7.13. The summed E-state index contributed by atoms with van der Waals surface area (Å²) >= 11 is 12.4. The highest BCUT2D eigenvalue weighted by molar-refractivity contribution is 6.35. The monoisotopic (exact) mass is 468 g/mol. The average molecular weight is 469 g/mol. The molecule has 0 aliphatic carbocycles. The highest BCUT2D eigenvalue weighted by atomic mass is 35.5. The Labute approximate surface area is 187 Å². The SMILES string of the molecule is COc1cccc(C=NNc2ccc(C(F)(F)F)cc2)c1OCc1c(Cl)cccc1Cl. The van der Waals surface area contributed by atoms with Crippen LogP contribution in [0.3, 0.4) is 0 Å². The van der Waals surface area contributed by atoms with E-state index in [9.17, 15) is 13.2 Å². The third kappa shape index (κ3) is 5.83. The summed E-state index contributed by atoms with van der Waals surface area (Å²) < 4.78 is 49.3. The Bertz CT molecular complexity index is 1050. The van der Waals surface area contributed by atoms with Crippen molar-refractivity contribution >= 4 is 35.1 Å². The lowest BCUT2D eigenvalue weighted by atomic mass is 10.2. The highest BCUT2D eigenvalue weighted by Gasteiger charge is 2.29. The molecule has 3 aromatic rings. The Morgan fingerprint density at radius 3 is 2.23 bits per heavy atom. The number of rotatable bonds is 7. The van der Waals surface area contributed by atoms with E-state index in [1.54, 1.807) is 36.4 Å². The maximum Gasteiger partial charge on any atom is 0.416 e. The third-order valence-corrected chi connectivity index (χ3v) is 4.97. The summed E-state index contributed by atoms with van der Waals surface area (Å²) in [4.78, 5) is 0. The maximum atomic E-state index is 12.7. The topological polar surface area (TPSA) is 42.8 Å². The van der Waals surface area contributed by atoms with Gasteiger partial charge in [-0.3, -0.25) is 5.43 Å². The second-order valence-electron chi connectivity index (χ2n) is 6.31. The summed E-state index contributed by atoms with van der Waals surface area (Å²) in [5, 5.41) is 5.03. The van der Waals surface area contributed by atoms with Crippen LogP contribution < -0.4 is 14.9 Å². The molecule has 0 spiro atoms. The predicted molar refractivity (Wildman–Crippen MR) is 116 cm³/mol. The number of nitrogens with one attached hydrogen (secondary N) is 1. The number of halogens is 5. The van der Waals surface area contributed by atoms with Crippen LogP contribution >= 0.6 is 23.2 Å². The van der Waals surface area contributed by atoms with E-state index in [4.69, 9.17) is 32.7 Å². The lowest BCUT2D eigenvalue weighted by molar-refractivity contribution is -0.137. The van der Waals surface area contributed by atoms with Crippen molar-refractivity contribution in [3.8, 4) is 11.5 Å². The quantitative estimate of drug-likeness (QED) is 0.298. The van der Waals surface area contributed by atoms with Gasteiger partial charge in [-0.25, -0.2) is 0 Å². The summed E-state index contributed by atoms with van der Waals surface area (Å²) in [5.41, 5.74) is 3.57. The molecule has 31 heavy (non-hydrogen) atoms. The molecular formula is C22H17Cl2F3N2O2. The first-order chi connectivity index (χ1) is 14.8. The first kappa shape index (κ1) is 22.8. The Morgan fingerprint density at radius 1 is 0.968 bits per heavy atom. The van der Waals surface area contributed by atoms with Crippen LogP contribution in [0.4, 0.5) is 18.9 Å². The summed E-state index contributed by atoms with van der Waals surface area (Å²) in [7, 11) is 1.51. The number of benzene rings is 3. The van der Waals surface area contributed by atoms with E-state index in [2.05, 4.69) is 10.5 Å². The zero-order chi connectivity index (χ0) is 22.4. The van der Waals surface area contributed by atoms with Crippen molar-refractivity contribution in [2.24, 2.45) is 5.10 Å². The van der Waals surface area contributed by atoms with Gasteiger partial charge in [0, 0.05) is 21.2 Å². The summed E-state index contributed by atoms with van der Waals surface area (Å²) in [6.07, 6.45) is -2.91. The van der Waals surface area contributed by atoms with Gasteiger partial charge >= 0.3 is 6.18 Å². The lowest BCUT2D eigenvalue weighted by Crippen LogP contribution is -2.04. The molecule has 0 amide bonds. The van der Waals surface area contributed by atoms with Gasteiger partial charge in [-0.15, -0.1) is 0 Å². The minimum atomic E-state index is -4.39. The predicted octanol–water partition coefficient (Wildman–Crippen LogP) is 7.05. The number of anilines is 1. The van der Waals surface area contributed by atoms with Crippen molar-refractivity contribution in [1.82, 2.24) is 0 Å². The number of nitrogens with zero attached hydrogens (tertiary/aromatic N) is 1. The maximum absolute atomic E-state index is 12.7. The average Bonchev–Trinajstić information content (AvgIpc) is 2.73. The van der Waals surface area contributed by atoms with E-state index in [-0.39, 0.29) is 6.61 Å². The van der Waals surface area contributed by atoms with Crippen LogP contribution in [-0.4, -0.2) is 13.3 Å². The largest absolute Gasteiger partial charge is 0.493 e. The lowest BCUT2D eigenvalue weighted by Gasteiger charge is -2.14. The molecule has 3 aromatic carbocycles. The molecule has 0 atom stereocenters. The molecule has 0 unspecified atom stereocenters. The van der Waals surface area contributed by atoms with Gasteiger partial charge in [0.05, 0.1) is 24.6 Å². The van der Waals surface area contributed by atoms with Gasteiger partial charge in [0.1, 0.15) is 6.61 Å². The zero-order valence-corrected chi connectivity index (χ0v) is 17.7. The number of hydrogen-bond donors (Lipinski definition) is 1. The highest BCUT2D eigenvalue weighted by Crippen LogP contribution is 2.33. The molecular weight excluding hydrogens is 452 g/mol. The van der Waals surface area contributed by atoms with Crippen LogP contribution in [0.2, 0.25) is 10.0 Å². The molecule has 4 nitrogen and oxygen atoms in total. The van der Waals surface area contributed by atoms with Gasteiger partial charge in [-0.2, -0.15) is 18.3 Å². The van der Waals surface area contributed by atoms with Crippen molar-refractivity contribution in [2.45, 2.75) is 12.8 Å². The van der Waals surface area contributed by atoms with Gasteiger partial charge in [0.2, 0.25) is 0 Å². The van der Waals surface area contributed by atoms with E-state index in [0.717, 1.165) is 12.1 Å². The molecule has 162 valence electrons. The number of methoxy groups -OCH3 is 1. The van der Waals surface area contributed by atoms with E-state index in [0.29, 0.717) is 38.4 Å². The van der Waals surface area contributed by atoms with Crippen LogP contribution in [0.5, 0.6) is 11.5 Å². The molecule has 0 radical (unpaired) electrons. The van der Waals surface area contributed by atoms with Gasteiger partial charge in [-0.05, 0) is 48.5 Å². The van der Waals surface area contributed by atoms with Crippen LogP contribution in [0, 0.1) is 0 Å². The molecule has 1 N–H and O–H groups in total. The fourth-order valence-corrected chi connectivity index (χ4v) is 3.18. The molecule has 0 aromatic heterocycles. The van der Waals surface area contributed by atoms with Crippen molar-refractivity contribution in [3.05, 3.63) is 87.4 Å². The zero-order valence-electron chi connectivity index (χ0n) is 16.2. The Balaban J connectivity index is 1.77. The first-order valence-corrected chi connectivity index (χ1v) is 9.74. The Kier molecular flexibility index (Phi) is 7.30. The van der Waals surface area contributed by atoms with Crippen molar-refractivity contribution in [1.29, 1.82) is 0 Å². The molecule has 0 saturated heterocycles. The normalized spacial score (nSPS) is 11.5. The van der Waals surface area contributed by atoms with E-state index in [1.807, 2.05) is 0 Å². The minimum absolute atomic E-state index is 0.103. The fourth-order valence-electron chi connectivity index (χ4n) is 2.67. The second kappa shape index (κ2) is 9.94. The van der Waals surface area contributed by atoms with Crippen LogP contribution in [-0.2, 0) is 12.8 Å². The summed E-state index contributed by atoms with van der Waals surface area (Å²) in [6, 6.07) is 14.9. The first-order valence-electron chi connectivity index (χ1n) is 8.98. The minimum Gasteiger partial charge on any atom is -0.493 e. The molecule has 0 heterocycles. The van der Waals surface area contributed by atoms with Gasteiger partial charge in [-0.1, -0.05) is 35.3 Å².